The molecule has 224 valence electrons. The van der Waals surface area contributed by atoms with Crippen LogP contribution in [0.25, 0.3) is 11.1 Å². The van der Waals surface area contributed by atoms with Crippen LogP contribution in [-0.2, 0) is 19.0 Å². The first-order valence-corrected chi connectivity index (χ1v) is 13.9. The van der Waals surface area contributed by atoms with Crippen LogP contribution in [0.15, 0.2) is 60.7 Å². The van der Waals surface area contributed by atoms with E-state index in [1.165, 1.54) is 13.2 Å². The van der Waals surface area contributed by atoms with Gasteiger partial charge in [-0.15, -0.1) is 12.4 Å². The van der Waals surface area contributed by atoms with Crippen molar-refractivity contribution in [2.75, 3.05) is 33.4 Å². The van der Waals surface area contributed by atoms with E-state index in [4.69, 9.17) is 4.74 Å². The Hall–Kier alpha value is -3.36. The number of methoxy groups -OCH3 is 1. The molecular weight excluding hydrogens is 570 g/mol. The highest BCUT2D eigenvalue weighted by Crippen LogP contribution is 2.44. The Morgan fingerprint density at radius 3 is 2.38 bits per heavy atom. The second kappa shape index (κ2) is 13.3. The van der Waals surface area contributed by atoms with Gasteiger partial charge in [-0.05, 0) is 102 Å². The third kappa shape index (κ3) is 6.81. The number of nitrogens with zero attached hydrogens (tertiary/aromatic N) is 1. The fourth-order valence-electron chi connectivity index (χ4n) is 6.05. The third-order valence-corrected chi connectivity index (χ3v) is 8.06. The summed E-state index contributed by atoms with van der Waals surface area (Å²) < 4.78 is 59.3. The van der Waals surface area contributed by atoms with Gasteiger partial charge in [0, 0.05) is 25.2 Å². The van der Waals surface area contributed by atoms with E-state index in [0.717, 1.165) is 71.6 Å². The van der Waals surface area contributed by atoms with E-state index >= 15 is 0 Å². The quantitative estimate of drug-likeness (QED) is 0.252. The molecule has 1 aliphatic carbocycles. The first-order chi connectivity index (χ1) is 19.7. The van der Waals surface area contributed by atoms with Crippen molar-refractivity contribution >= 4 is 29.5 Å². The van der Waals surface area contributed by atoms with E-state index in [1.54, 1.807) is 18.2 Å². The predicted molar refractivity (Wildman–Crippen MR) is 158 cm³/mol. The van der Waals surface area contributed by atoms with E-state index < -0.39 is 17.7 Å². The number of allylic oxidation sites excluding steroid dienone is 1. The Morgan fingerprint density at radius 1 is 1.00 bits per heavy atom. The van der Waals surface area contributed by atoms with Crippen molar-refractivity contribution in [1.82, 2.24) is 4.90 Å². The number of carboxylic acid groups (broad SMARTS) is 1. The van der Waals surface area contributed by atoms with Gasteiger partial charge in [0.1, 0.15) is 5.75 Å². The van der Waals surface area contributed by atoms with Crippen molar-refractivity contribution in [2.45, 2.75) is 38.3 Å². The van der Waals surface area contributed by atoms with E-state index in [0.29, 0.717) is 42.9 Å². The molecule has 1 saturated heterocycles. The number of hydrogen-bond donors (Lipinski definition) is 1. The molecule has 1 fully saturated rings. The maximum atomic E-state index is 13.8. The third-order valence-electron chi connectivity index (χ3n) is 8.06. The molecule has 0 bridgehead atoms. The molecule has 0 atom stereocenters. The monoisotopic (exact) mass is 603 g/mol. The molecule has 3 aromatic carbocycles. The number of ether oxygens (including phenoxy) is 1. The van der Waals surface area contributed by atoms with Crippen LogP contribution < -0.4 is 4.74 Å². The lowest BCUT2D eigenvalue weighted by atomic mass is 9.85. The van der Waals surface area contributed by atoms with Gasteiger partial charge in [-0.25, -0.2) is 4.79 Å². The molecule has 0 aromatic heterocycles. The second-order valence-corrected chi connectivity index (χ2v) is 10.9. The summed E-state index contributed by atoms with van der Waals surface area (Å²) in [7, 11) is 1.45. The SMILES string of the molecule is COc1ccc(C(F)(F)F)cc1C1=C(c2ccc(CC3CN(CCCF)C3)cc2)c2ccc(C(=O)O)cc2CCC1.Cl. The lowest BCUT2D eigenvalue weighted by Crippen LogP contribution is -2.47. The zero-order valence-electron chi connectivity index (χ0n) is 23.3. The lowest BCUT2D eigenvalue weighted by Gasteiger charge is -2.39. The zero-order valence-corrected chi connectivity index (χ0v) is 24.2. The Bertz CT molecular complexity index is 1450. The van der Waals surface area contributed by atoms with E-state index in [2.05, 4.69) is 17.0 Å². The van der Waals surface area contributed by atoms with Gasteiger partial charge in [0.2, 0.25) is 0 Å². The van der Waals surface area contributed by atoms with Gasteiger partial charge < -0.3 is 14.7 Å². The molecule has 42 heavy (non-hydrogen) atoms. The molecule has 0 radical (unpaired) electrons. The lowest BCUT2D eigenvalue weighted by molar-refractivity contribution is -0.137. The fourth-order valence-corrected chi connectivity index (χ4v) is 6.05. The minimum absolute atomic E-state index is 0. The molecule has 1 aliphatic heterocycles. The van der Waals surface area contributed by atoms with Gasteiger partial charge in [0.25, 0.3) is 0 Å². The van der Waals surface area contributed by atoms with Crippen molar-refractivity contribution in [1.29, 1.82) is 0 Å². The molecule has 0 unspecified atom stereocenters. The molecule has 9 heteroatoms. The number of fused-ring (bicyclic) bond motifs is 1. The Morgan fingerprint density at radius 2 is 1.74 bits per heavy atom. The van der Waals surface area contributed by atoms with Crippen LogP contribution in [0.2, 0.25) is 0 Å². The van der Waals surface area contributed by atoms with E-state index in [-0.39, 0.29) is 24.6 Å². The standard InChI is InChI=1S/C33H33F4NO3.ClH/c1-41-30-13-11-26(33(35,36)37)18-29(30)28-5-2-4-24-17-25(32(39)40)10-12-27(24)31(28)23-8-6-21(7-9-23)16-22-19-38(20-22)15-3-14-34;/h6-13,17-18,22H,2-5,14-16,19-20H2,1H3,(H,39,40);1H. The predicted octanol–water partition coefficient (Wildman–Crippen LogP) is 7.96. The summed E-state index contributed by atoms with van der Waals surface area (Å²) >= 11 is 0. The molecule has 2 aliphatic rings. The molecule has 1 N–H and O–H groups in total. The van der Waals surface area contributed by atoms with Gasteiger partial charge in [-0.3, -0.25) is 4.39 Å². The fraction of sp³-hybridized carbons (Fsp3) is 0.364. The topological polar surface area (TPSA) is 49.8 Å². The normalized spacial score (nSPS) is 15.8. The van der Waals surface area contributed by atoms with Crippen molar-refractivity contribution in [3.8, 4) is 5.75 Å². The zero-order chi connectivity index (χ0) is 29.1. The summed E-state index contributed by atoms with van der Waals surface area (Å²) in [5.41, 5.74) is 5.04. The number of hydrogen-bond acceptors (Lipinski definition) is 3. The maximum absolute atomic E-state index is 13.8. The van der Waals surface area contributed by atoms with Crippen LogP contribution >= 0.6 is 12.4 Å². The summed E-state index contributed by atoms with van der Waals surface area (Å²) in [4.78, 5) is 14.0. The largest absolute Gasteiger partial charge is 0.496 e. The molecule has 0 spiro atoms. The van der Waals surface area contributed by atoms with Crippen LogP contribution in [0.3, 0.4) is 0 Å². The number of halogens is 5. The van der Waals surface area contributed by atoms with Crippen LogP contribution in [0.4, 0.5) is 17.6 Å². The Balaban J connectivity index is 0.00000405. The number of rotatable bonds is 9. The molecule has 0 amide bonds. The van der Waals surface area contributed by atoms with Gasteiger partial charge in [-0.2, -0.15) is 13.2 Å². The summed E-state index contributed by atoms with van der Waals surface area (Å²) in [6, 6.07) is 16.7. The number of carbonyl (C=O) groups is 1. The first kappa shape index (κ1) is 31.6. The summed E-state index contributed by atoms with van der Waals surface area (Å²) in [5.74, 6) is -0.154. The molecule has 1 heterocycles. The minimum atomic E-state index is -4.51. The number of aromatic carboxylic acids is 1. The minimum Gasteiger partial charge on any atom is -0.496 e. The van der Waals surface area contributed by atoms with Crippen LogP contribution in [0, 0.1) is 5.92 Å². The van der Waals surface area contributed by atoms with Gasteiger partial charge >= 0.3 is 12.1 Å². The number of carboxylic acids is 1. The Kier molecular flexibility index (Phi) is 10.00. The number of alkyl halides is 4. The van der Waals surface area contributed by atoms with E-state index in [9.17, 15) is 27.5 Å². The molecule has 5 rings (SSSR count). The van der Waals surface area contributed by atoms with Crippen molar-refractivity contribution in [2.24, 2.45) is 5.92 Å². The number of benzene rings is 3. The summed E-state index contributed by atoms with van der Waals surface area (Å²) in [5, 5.41) is 9.58. The van der Waals surface area contributed by atoms with Crippen molar-refractivity contribution in [3.63, 3.8) is 0 Å². The highest BCUT2D eigenvalue weighted by molar-refractivity contribution is 6.01. The van der Waals surface area contributed by atoms with Crippen molar-refractivity contribution < 1.29 is 32.2 Å². The second-order valence-electron chi connectivity index (χ2n) is 10.9. The number of aryl methyl sites for hydroxylation is 1. The smallest absolute Gasteiger partial charge is 0.416 e. The van der Waals surface area contributed by atoms with Crippen LogP contribution in [0.1, 0.15) is 63.0 Å². The van der Waals surface area contributed by atoms with E-state index in [1.807, 2.05) is 12.1 Å². The van der Waals surface area contributed by atoms with Gasteiger partial charge in [0.05, 0.1) is 24.9 Å². The maximum Gasteiger partial charge on any atom is 0.416 e. The summed E-state index contributed by atoms with van der Waals surface area (Å²) in [6.07, 6.45) is -1.30. The molecule has 0 saturated carbocycles. The van der Waals surface area contributed by atoms with Crippen LogP contribution in [0.5, 0.6) is 5.75 Å². The summed E-state index contributed by atoms with van der Waals surface area (Å²) in [6.45, 7) is 2.38. The Labute approximate surface area is 249 Å². The molecular formula is C33H34ClF4NO3. The van der Waals surface area contributed by atoms with Crippen molar-refractivity contribution in [3.05, 3.63) is 99.6 Å². The average molecular weight is 604 g/mol. The van der Waals surface area contributed by atoms with Crippen LogP contribution in [-0.4, -0.2) is 49.4 Å². The van der Waals surface area contributed by atoms with Gasteiger partial charge in [-0.1, -0.05) is 30.3 Å². The highest BCUT2D eigenvalue weighted by Gasteiger charge is 2.32. The average Bonchev–Trinajstić information content (AvgIpc) is 3.12. The highest BCUT2D eigenvalue weighted by atomic mass is 35.5. The molecule has 4 nitrogen and oxygen atoms in total. The van der Waals surface area contributed by atoms with Gasteiger partial charge in [0.15, 0.2) is 0 Å². The first-order valence-electron chi connectivity index (χ1n) is 13.9. The number of likely N-dealkylation sites (tertiary alicyclic amines) is 1. The molecule has 3 aromatic rings.